The molecule has 0 saturated heterocycles. The molecule has 1 aromatic heterocycles. The fourth-order valence-electron chi connectivity index (χ4n) is 3.05. The number of benzene rings is 1. The molecule has 1 fully saturated rings. The minimum atomic E-state index is 0.0108. The summed E-state index contributed by atoms with van der Waals surface area (Å²) in [5.74, 6) is 1.43. The van der Waals surface area contributed by atoms with Gasteiger partial charge in [0.05, 0.1) is 7.11 Å². The van der Waals surface area contributed by atoms with Crippen LogP contribution in [0.15, 0.2) is 24.3 Å². The number of amides is 1. The van der Waals surface area contributed by atoms with Crippen molar-refractivity contribution in [2.24, 2.45) is 0 Å². The zero-order valence-corrected chi connectivity index (χ0v) is 12.6. The highest BCUT2D eigenvalue weighted by molar-refractivity contribution is 5.92. The molecular weight excluding hydrogens is 278 g/mol. The summed E-state index contributed by atoms with van der Waals surface area (Å²) in [5.41, 5.74) is 4.10. The first-order valence-electron chi connectivity index (χ1n) is 7.75. The van der Waals surface area contributed by atoms with Gasteiger partial charge < -0.3 is 9.64 Å². The van der Waals surface area contributed by atoms with Gasteiger partial charge in [-0.1, -0.05) is 6.07 Å². The lowest BCUT2D eigenvalue weighted by atomic mass is 9.99. The molecule has 1 N–H and O–H groups in total. The van der Waals surface area contributed by atoms with Crippen molar-refractivity contribution in [3.05, 3.63) is 46.8 Å². The third-order valence-corrected chi connectivity index (χ3v) is 4.55. The van der Waals surface area contributed by atoms with Crippen LogP contribution >= 0.6 is 0 Å². The lowest BCUT2D eigenvalue weighted by Gasteiger charge is -2.28. The van der Waals surface area contributed by atoms with Crippen molar-refractivity contribution >= 4 is 5.91 Å². The molecule has 2 aliphatic rings. The molecule has 1 aliphatic heterocycles. The lowest BCUT2D eigenvalue weighted by molar-refractivity contribution is 0.0728. The maximum absolute atomic E-state index is 12.6. The molecule has 2 aromatic rings. The second-order valence-electron chi connectivity index (χ2n) is 6.09. The molecule has 5 nitrogen and oxygen atoms in total. The largest absolute Gasteiger partial charge is 0.497 e. The molecule has 1 amide bonds. The first kappa shape index (κ1) is 13.4. The minimum Gasteiger partial charge on any atom is -0.497 e. The van der Waals surface area contributed by atoms with Crippen LogP contribution in [0.3, 0.4) is 0 Å². The van der Waals surface area contributed by atoms with Gasteiger partial charge in [0.2, 0.25) is 0 Å². The standard InChI is InChI=1S/C17H19N3O2/c1-22-14-5-4-11-6-7-20(10-13(11)8-14)17(21)16-9-15(18-19-16)12-2-3-12/h4-5,8-9,12H,2-3,6-7,10H2,1H3,(H,18,19). The molecule has 2 heterocycles. The first-order chi connectivity index (χ1) is 10.7. The van der Waals surface area contributed by atoms with Gasteiger partial charge in [-0.2, -0.15) is 5.10 Å². The molecule has 1 aliphatic carbocycles. The van der Waals surface area contributed by atoms with Crippen LogP contribution in [-0.2, 0) is 13.0 Å². The normalized spacial score (nSPS) is 17.2. The van der Waals surface area contributed by atoms with E-state index in [9.17, 15) is 4.79 Å². The molecule has 0 bridgehead atoms. The Balaban J connectivity index is 1.53. The van der Waals surface area contributed by atoms with Gasteiger partial charge in [-0.15, -0.1) is 0 Å². The van der Waals surface area contributed by atoms with Crippen LogP contribution in [0.5, 0.6) is 5.75 Å². The van der Waals surface area contributed by atoms with E-state index in [1.54, 1.807) is 7.11 Å². The Morgan fingerprint density at radius 2 is 2.18 bits per heavy atom. The molecule has 22 heavy (non-hydrogen) atoms. The Kier molecular flexibility index (Phi) is 3.13. The van der Waals surface area contributed by atoms with Gasteiger partial charge in [-0.3, -0.25) is 9.89 Å². The van der Waals surface area contributed by atoms with E-state index in [0.717, 1.165) is 30.0 Å². The zero-order valence-electron chi connectivity index (χ0n) is 12.6. The third kappa shape index (κ3) is 2.36. The van der Waals surface area contributed by atoms with Crippen LogP contribution in [0.4, 0.5) is 0 Å². The van der Waals surface area contributed by atoms with Gasteiger partial charge in [0.1, 0.15) is 11.4 Å². The number of fused-ring (bicyclic) bond motifs is 1. The van der Waals surface area contributed by atoms with Gasteiger partial charge in [-0.05, 0) is 48.6 Å². The van der Waals surface area contributed by atoms with Crippen molar-refractivity contribution in [3.8, 4) is 5.75 Å². The van der Waals surface area contributed by atoms with Crippen LogP contribution in [0.25, 0.3) is 0 Å². The summed E-state index contributed by atoms with van der Waals surface area (Å²) in [5, 5.41) is 7.21. The maximum atomic E-state index is 12.6. The number of ether oxygens (including phenoxy) is 1. The molecular formula is C17H19N3O2. The molecule has 0 unspecified atom stereocenters. The number of methoxy groups -OCH3 is 1. The SMILES string of the molecule is COc1ccc2c(c1)CN(C(=O)c1cc(C3CC3)[nH]n1)CC2. The summed E-state index contributed by atoms with van der Waals surface area (Å²) in [6.07, 6.45) is 3.28. The number of aromatic nitrogens is 2. The zero-order chi connectivity index (χ0) is 15.1. The molecule has 0 atom stereocenters. The predicted octanol–water partition coefficient (Wildman–Crippen LogP) is 2.49. The summed E-state index contributed by atoms with van der Waals surface area (Å²) in [7, 11) is 1.66. The Labute approximate surface area is 129 Å². The Morgan fingerprint density at radius 3 is 2.95 bits per heavy atom. The number of hydrogen-bond acceptors (Lipinski definition) is 3. The van der Waals surface area contributed by atoms with Crippen LogP contribution < -0.4 is 4.74 Å². The van der Waals surface area contributed by atoms with E-state index in [0.29, 0.717) is 18.2 Å². The van der Waals surface area contributed by atoms with Crippen molar-refractivity contribution in [1.82, 2.24) is 15.1 Å². The predicted molar refractivity (Wildman–Crippen MR) is 82.0 cm³/mol. The summed E-state index contributed by atoms with van der Waals surface area (Å²) >= 11 is 0. The quantitative estimate of drug-likeness (QED) is 0.947. The van der Waals surface area contributed by atoms with Gasteiger partial charge in [0.15, 0.2) is 0 Å². The van der Waals surface area contributed by atoms with Gasteiger partial charge >= 0.3 is 0 Å². The molecule has 1 aromatic carbocycles. The molecule has 4 rings (SSSR count). The highest BCUT2D eigenvalue weighted by Crippen LogP contribution is 2.39. The number of H-pyrrole nitrogens is 1. The monoisotopic (exact) mass is 297 g/mol. The Bertz CT molecular complexity index is 718. The van der Waals surface area contributed by atoms with Gasteiger partial charge in [-0.25, -0.2) is 0 Å². The van der Waals surface area contributed by atoms with Crippen LogP contribution in [0.2, 0.25) is 0 Å². The van der Waals surface area contributed by atoms with E-state index in [-0.39, 0.29) is 5.91 Å². The van der Waals surface area contributed by atoms with Crippen molar-refractivity contribution in [2.75, 3.05) is 13.7 Å². The summed E-state index contributed by atoms with van der Waals surface area (Å²) in [6, 6.07) is 8.01. The number of carbonyl (C=O) groups excluding carboxylic acids is 1. The Hall–Kier alpha value is -2.30. The van der Waals surface area contributed by atoms with Crippen molar-refractivity contribution in [3.63, 3.8) is 0 Å². The third-order valence-electron chi connectivity index (χ3n) is 4.55. The number of carbonyl (C=O) groups is 1. The number of nitrogens with one attached hydrogen (secondary N) is 1. The van der Waals surface area contributed by atoms with E-state index in [4.69, 9.17) is 4.74 Å². The lowest BCUT2D eigenvalue weighted by Crippen LogP contribution is -2.36. The van der Waals surface area contributed by atoms with Gasteiger partial charge in [0.25, 0.3) is 5.91 Å². The van der Waals surface area contributed by atoms with E-state index in [2.05, 4.69) is 16.3 Å². The second kappa shape index (κ2) is 5.16. The van der Waals surface area contributed by atoms with Crippen LogP contribution in [0.1, 0.15) is 46.1 Å². The smallest absolute Gasteiger partial charge is 0.274 e. The fraction of sp³-hybridized carbons (Fsp3) is 0.412. The number of rotatable bonds is 3. The molecule has 1 saturated carbocycles. The summed E-state index contributed by atoms with van der Waals surface area (Å²) in [6.45, 7) is 1.36. The number of nitrogens with zero attached hydrogens (tertiary/aromatic N) is 2. The van der Waals surface area contributed by atoms with E-state index in [1.807, 2.05) is 23.1 Å². The second-order valence-corrected chi connectivity index (χ2v) is 6.09. The number of aromatic amines is 1. The van der Waals surface area contributed by atoms with E-state index in [1.165, 1.54) is 18.4 Å². The summed E-state index contributed by atoms with van der Waals surface area (Å²) in [4.78, 5) is 14.5. The average Bonchev–Trinajstić information content (AvgIpc) is 3.30. The fourth-order valence-corrected chi connectivity index (χ4v) is 3.05. The van der Waals surface area contributed by atoms with Gasteiger partial charge in [0, 0.05) is 24.7 Å². The van der Waals surface area contributed by atoms with E-state index < -0.39 is 0 Å². The highest BCUT2D eigenvalue weighted by atomic mass is 16.5. The maximum Gasteiger partial charge on any atom is 0.274 e. The van der Waals surface area contributed by atoms with Crippen molar-refractivity contribution in [2.45, 2.75) is 31.7 Å². The summed E-state index contributed by atoms with van der Waals surface area (Å²) < 4.78 is 5.28. The minimum absolute atomic E-state index is 0.0108. The molecule has 0 radical (unpaired) electrons. The molecule has 0 spiro atoms. The number of hydrogen-bond donors (Lipinski definition) is 1. The van der Waals surface area contributed by atoms with Crippen LogP contribution in [-0.4, -0.2) is 34.7 Å². The Morgan fingerprint density at radius 1 is 1.32 bits per heavy atom. The van der Waals surface area contributed by atoms with Crippen molar-refractivity contribution < 1.29 is 9.53 Å². The molecule has 114 valence electrons. The van der Waals surface area contributed by atoms with Crippen molar-refractivity contribution in [1.29, 1.82) is 0 Å². The average molecular weight is 297 g/mol. The topological polar surface area (TPSA) is 58.2 Å². The van der Waals surface area contributed by atoms with Crippen LogP contribution in [0, 0.1) is 0 Å². The highest BCUT2D eigenvalue weighted by Gasteiger charge is 2.28. The first-order valence-corrected chi connectivity index (χ1v) is 7.75. The van der Waals surface area contributed by atoms with E-state index >= 15 is 0 Å². The molecule has 5 heteroatoms.